The summed E-state index contributed by atoms with van der Waals surface area (Å²) in [5.74, 6) is -1.37. The quantitative estimate of drug-likeness (QED) is 0.764. The molecule has 0 bridgehead atoms. The van der Waals surface area contributed by atoms with E-state index in [1.165, 1.54) is 31.3 Å². The van der Waals surface area contributed by atoms with Crippen LogP contribution >= 0.6 is 0 Å². The Bertz CT molecular complexity index is 610. The zero-order chi connectivity index (χ0) is 16.0. The standard InChI is InChI=1S/C13H18N2O5S/c1-3-15(9-8-12(16)17)21(19,20)11-6-4-10(5-7-11)13(18)14-2/h4-7H,3,8-9H2,1-2H3,(H,14,18)(H,16,17). The number of carboxylic acid groups (broad SMARTS) is 1. The maximum atomic E-state index is 12.4. The summed E-state index contributed by atoms with van der Waals surface area (Å²) < 4.78 is 25.8. The van der Waals surface area contributed by atoms with Crippen LogP contribution in [0.4, 0.5) is 0 Å². The number of hydrogen-bond acceptors (Lipinski definition) is 4. The van der Waals surface area contributed by atoms with Gasteiger partial charge in [-0.25, -0.2) is 8.42 Å². The van der Waals surface area contributed by atoms with Gasteiger partial charge in [0.2, 0.25) is 10.0 Å². The predicted octanol–water partition coefficient (Wildman–Crippen LogP) is 0.531. The minimum Gasteiger partial charge on any atom is -0.481 e. The molecule has 8 heteroatoms. The van der Waals surface area contributed by atoms with Gasteiger partial charge in [0.1, 0.15) is 0 Å². The van der Waals surface area contributed by atoms with Gasteiger partial charge in [0, 0.05) is 25.7 Å². The number of carbonyl (C=O) groups excluding carboxylic acids is 1. The summed E-state index contributed by atoms with van der Waals surface area (Å²) in [7, 11) is -2.27. The first-order valence-electron chi connectivity index (χ1n) is 6.37. The topological polar surface area (TPSA) is 104 Å². The number of sulfonamides is 1. The molecule has 0 aliphatic rings. The molecule has 0 radical (unpaired) electrons. The average Bonchev–Trinajstić information content (AvgIpc) is 2.46. The second-order valence-corrected chi connectivity index (χ2v) is 6.18. The summed E-state index contributed by atoms with van der Waals surface area (Å²) in [6.07, 6.45) is -0.261. The van der Waals surface area contributed by atoms with Crippen molar-refractivity contribution in [2.24, 2.45) is 0 Å². The van der Waals surface area contributed by atoms with Gasteiger partial charge in [-0.1, -0.05) is 6.92 Å². The van der Waals surface area contributed by atoms with E-state index in [9.17, 15) is 18.0 Å². The van der Waals surface area contributed by atoms with Crippen molar-refractivity contribution in [3.63, 3.8) is 0 Å². The number of benzene rings is 1. The van der Waals surface area contributed by atoms with E-state index in [0.29, 0.717) is 5.56 Å². The molecule has 0 saturated heterocycles. The highest BCUT2D eigenvalue weighted by molar-refractivity contribution is 7.89. The normalized spacial score (nSPS) is 11.4. The third-order valence-electron chi connectivity index (χ3n) is 2.91. The van der Waals surface area contributed by atoms with Gasteiger partial charge in [0.25, 0.3) is 5.91 Å². The van der Waals surface area contributed by atoms with Crippen LogP contribution in [0.3, 0.4) is 0 Å². The SMILES string of the molecule is CCN(CCC(=O)O)S(=O)(=O)c1ccc(C(=O)NC)cc1. The van der Waals surface area contributed by atoms with Crippen LogP contribution in [0.2, 0.25) is 0 Å². The third-order valence-corrected chi connectivity index (χ3v) is 4.90. The maximum absolute atomic E-state index is 12.4. The number of nitrogens with one attached hydrogen (secondary N) is 1. The van der Waals surface area contributed by atoms with Gasteiger partial charge in [0.05, 0.1) is 11.3 Å². The summed E-state index contributed by atoms with van der Waals surface area (Å²) in [4.78, 5) is 22.0. The van der Waals surface area contributed by atoms with Crippen LogP contribution in [0.15, 0.2) is 29.2 Å². The molecular weight excluding hydrogens is 296 g/mol. The molecule has 1 amide bonds. The predicted molar refractivity (Wildman–Crippen MR) is 76.5 cm³/mol. The first-order chi connectivity index (χ1) is 9.82. The van der Waals surface area contributed by atoms with E-state index in [0.717, 1.165) is 4.31 Å². The van der Waals surface area contributed by atoms with E-state index in [-0.39, 0.29) is 30.3 Å². The van der Waals surface area contributed by atoms with Crippen molar-refractivity contribution in [3.05, 3.63) is 29.8 Å². The lowest BCUT2D eigenvalue weighted by atomic mass is 10.2. The van der Waals surface area contributed by atoms with Gasteiger partial charge in [-0.3, -0.25) is 9.59 Å². The first kappa shape index (κ1) is 17.1. The van der Waals surface area contributed by atoms with Crippen LogP contribution in [-0.4, -0.2) is 49.8 Å². The van der Waals surface area contributed by atoms with E-state index in [1.54, 1.807) is 6.92 Å². The molecule has 0 spiro atoms. The molecule has 0 aliphatic heterocycles. The van der Waals surface area contributed by atoms with E-state index < -0.39 is 16.0 Å². The summed E-state index contributed by atoms with van der Waals surface area (Å²) in [5, 5.41) is 11.1. The fraction of sp³-hybridized carbons (Fsp3) is 0.385. The van der Waals surface area contributed by atoms with E-state index in [4.69, 9.17) is 5.11 Å². The van der Waals surface area contributed by atoms with Crippen molar-refractivity contribution < 1.29 is 23.1 Å². The zero-order valence-corrected chi connectivity index (χ0v) is 12.7. The number of nitrogens with zero attached hydrogens (tertiary/aromatic N) is 1. The highest BCUT2D eigenvalue weighted by atomic mass is 32.2. The highest BCUT2D eigenvalue weighted by Gasteiger charge is 2.23. The van der Waals surface area contributed by atoms with Crippen molar-refractivity contribution in [3.8, 4) is 0 Å². The smallest absolute Gasteiger partial charge is 0.304 e. The number of amides is 1. The fourth-order valence-corrected chi connectivity index (χ4v) is 3.19. The van der Waals surface area contributed by atoms with Crippen molar-refractivity contribution in [1.29, 1.82) is 0 Å². The van der Waals surface area contributed by atoms with Crippen molar-refractivity contribution in [1.82, 2.24) is 9.62 Å². The number of hydrogen-bond donors (Lipinski definition) is 2. The number of carboxylic acids is 1. The lowest BCUT2D eigenvalue weighted by molar-refractivity contribution is -0.137. The van der Waals surface area contributed by atoms with Crippen LogP contribution in [0.5, 0.6) is 0 Å². The van der Waals surface area contributed by atoms with E-state index in [1.807, 2.05) is 0 Å². The van der Waals surface area contributed by atoms with Gasteiger partial charge in [-0.15, -0.1) is 0 Å². The summed E-state index contributed by atoms with van der Waals surface area (Å²) >= 11 is 0. The molecule has 1 aromatic carbocycles. The molecule has 0 aromatic heterocycles. The maximum Gasteiger partial charge on any atom is 0.304 e. The molecule has 21 heavy (non-hydrogen) atoms. The Kier molecular flexibility index (Phi) is 5.86. The minimum atomic E-state index is -3.76. The Morgan fingerprint density at radius 2 is 1.81 bits per heavy atom. The van der Waals surface area contributed by atoms with Gasteiger partial charge in [-0.2, -0.15) is 4.31 Å². The lowest BCUT2D eigenvalue weighted by Gasteiger charge is -2.19. The second-order valence-electron chi connectivity index (χ2n) is 4.24. The zero-order valence-electron chi connectivity index (χ0n) is 11.9. The van der Waals surface area contributed by atoms with Gasteiger partial charge < -0.3 is 10.4 Å². The second kappa shape index (κ2) is 7.19. The molecule has 2 N–H and O–H groups in total. The molecular formula is C13H18N2O5S. The van der Waals surface area contributed by atoms with Crippen molar-refractivity contribution in [2.75, 3.05) is 20.1 Å². The van der Waals surface area contributed by atoms with Crippen LogP contribution in [-0.2, 0) is 14.8 Å². The molecule has 1 rings (SSSR count). The van der Waals surface area contributed by atoms with Crippen LogP contribution in [0.25, 0.3) is 0 Å². The molecule has 0 saturated carbocycles. The van der Waals surface area contributed by atoms with Gasteiger partial charge >= 0.3 is 5.97 Å². The van der Waals surface area contributed by atoms with Crippen LogP contribution in [0, 0.1) is 0 Å². The van der Waals surface area contributed by atoms with Crippen LogP contribution < -0.4 is 5.32 Å². The Labute approximate surface area is 123 Å². The molecule has 0 aliphatic carbocycles. The molecule has 1 aromatic rings. The summed E-state index contributed by atoms with van der Waals surface area (Å²) in [5.41, 5.74) is 0.352. The fourth-order valence-electron chi connectivity index (χ4n) is 1.74. The number of aliphatic carboxylic acids is 1. The minimum absolute atomic E-state index is 0.0300. The molecule has 116 valence electrons. The largest absolute Gasteiger partial charge is 0.481 e. The Morgan fingerprint density at radius 3 is 2.24 bits per heavy atom. The van der Waals surface area contributed by atoms with Gasteiger partial charge in [-0.05, 0) is 24.3 Å². The average molecular weight is 314 g/mol. The molecule has 7 nitrogen and oxygen atoms in total. The molecule has 0 atom stereocenters. The third kappa shape index (κ3) is 4.27. The monoisotopic (exact) mass is 314 g/mol. The van der Waals surface area contributed by atoms with Crippen molar-refractivity contribution >= 4 is 21.9 Å². The Hall–Kier alpha value is -1.93. The van der Waals surface area contributed by atoms with Crippen molar-refractivity contribution in [2.45, 2.75) is 18.2 Å². The summed E-state index contributed by atoms with van der Waals surface area (Å²) in [6, 6.07) is 5.50. The molecule has 0 heterocycles. The lowest BCUT2D eigenvalue weighted by Crippen LogP contribution is -2.33. The Morgan fingerprint density at radius 1 is 1.24 bits per heavy atom. The molecule has 0 unspecified atom stereocenters. The van der Waals surface area contributed by atoms with E-state index >= 15 is 0 Å². The first-order valence-corrected chi connectivity index (χ1v) is 7.81. The molecule has 0 fully saturated rings. The van der Waals surface area contributed by atoms with Crippen LogP contribution in [0.1, 0.15) is 23.7 Å². The highest BCUT2D eigenvalue weighted by Crippen LogP contribution is 2.16. The van der Waals surface area contributed by atoms with E-state index in [2.05, 4.69) is 5.32 Å². The number of rotatable bonds is 7. The summed E-state index contributed by atoms with van der Waals surface area (Å²) in [6.45, 7) is 1.72. The number of carbonyl (C=O) groups is 2. The van der Waals surface area contributed by atoms with Gasteiger partial charge in [0.15, 0.2) is 0 Å². The Balaban J connectivity index is 3.00.